The number of thiazole rings is 1. The van der Waals surface area contributed by atoms with E-state index in [1.165, 1.54) is 10.4 Å². The zero-order valence-corrected chi connectivity index (χ0v) is 14.5. The molecule has 5 nitrogen and oxygen atoms in total. The Labute approximate surface area is 146 Å². The zero-order chi connectivity index (χ0) is 15.4. The first-order chi connectivity index (χ1) is 10.7. The SMILES string of the molecule is Cl.NCCC(=O)Nc1nc2c(s1)CN(Cc1ccccc1)CC2. The summed E-state index contributed by atoms with van der Waals surface area (Å²) in [7, 11) is 0. The number of nitrogens with one attached hydrogen (secondary N) is 1. The second-order valence-corrected chi connectivity index (χ2v) is 6.51. The molecule has 0 saturated carbocycles. The van der Waals surface area contributed by atoms with Crippen LogP contribution in [-0.4, -0.2) is 28.9 Å². The molecule has 1 aromatic carbocycles. The van der Waals surface area contributed by atoms with E-state index in [-0.39, 0.29) is 18.3 Å². The lowest BCUT2D eigenvalue weighted by Crippen LogP contribution is -2.29. The highest BCUT2D eigenvalue weighted by Gasteiger charge is 2.21. The Morgan fingerprint density at radius 2 is 2.13 bits per heavy atom. The van der Waals surface area contributed by atoms with Gasteiger partial charge < -0.3 is 11.1 Å². The van der Waals surface area contributed by atoms with Gasteiger partial charge >= 0.3 is 0 Å². The summed E-state index contributed by atoms with van der Waals surface area (Å²) < 4.78 is 0. The lowest BCUT2D eigenvalue weighted by molar-refractivity contribution is -0.116. The van der Waals surface area contributed by atoms with Crippen molar-refractivity contribution >= 4 is 34.8 Å². The standard InChI is InChI=1S/C16H20N4OS.ClH/c17-8-6-15(21)19-16-18-13-7-9-20(11-14(13)22-16)10-12-4-2-1-3-5-12;/h1-5H,6-11,17H2,(H,18,19,21);1H. The van der Waals surface area contributed by atoms with E-state index in [4.69, 9.17) is 5.73 Å². The Morgan fingerprint density at radius 1 is 1.35 bits per heavy atom. The molecule has 1 aliphatic heterocycles. The normalized spacial score (nSPS) is 14.0. The number of carbonyl (C=O) groups excluding carboxylic acids is 1. The molecule has 0 unspecified atom stereocenters. The van der Waals surface area contributed by atoms with Crippen LogP contribution < -0.4 is 11.1 Å². The number of hydrogen-bond donors (Lipinski definition) is 2. The van der Waals surface area contributed by atoms with Crippen molar-refractivity contribution in [2.24, 2.45) is 5.73 Å². The summed E-state index contributed by atoms with van der Waals surface area (Å²) >= 11 is 1.58. The minimum atomic E-state index is -0.0604. The minimum absolute atomic E-state index is 0. The van der Waals surface area contributed by atoms with Crippen LogP contribution in [0.15, 0.2) is 30.3 Å². The number of anilines is 1. The number of aromatic nitrogens is 1. The van der Waals surface area contributed by atoms with E-state index in [1.807, 2.05) is 6.07 Å². The van der Waals surface area contributed by atoms with Crippen LogP contribution in [0.5, 0.6) is 0 Å². The molecule has 0 spiro atoms. The van der Waals surface area contributed by atoms with Crippen LogP contribution in [-0.2, 0) is 24.3 Å². The molecule has 124 valence electrons. The lowest BCUT2D eigenvalue weighted by atomic mass is 10.1. The van der Waals surface area contributed by atoms with E-state index >= 15 is 0 Å². The van der Waals surface area contributed by atoms with E-state index in [0.29, 0.717) is 18.1 Å². The van der Waals surface area contributed by atoms with Crippen LogP contribution >= 0.6 is 23.7 Å². The van der Waals surface area contributed by atoms with Gasteiger partial charge in [-0.3, -0.25) is 9.69 Å². The van der Waals surface area contributed by atoms with Gasteiger partial charge in [0.1, 0.15) is 0 Å². The summed E-state index contributed by atoms with van der Waals surface area (Å²) in [6.07, 6.45) is 1.27. The molecular formula is C16H21ClN4OS. The van der Waals surface area contributed by atoms with Crippen LogP contribution in [0.1, 0.15) is 22.6 Å². The number of nitrogens with zero attached hydrogens (tertiary/aromatic N) is 2. The van der Waals surface area contributed by atoms with Crippen molar-refractivity contribution in [1.29, 1.82) is 0 Å². The maximum absolute atomic E-state index is 11.6. The molecule has 23 heavy (non-hydrogen) atoms. The fraction of sp³-hybridized carbons (Fsp3) is 0.375. The molecule has 7 heteroatoms. The highest BCUT2D eigenvalue weighted by atomic mass is 35.5. The smallest absolute Gasteiger partial charge is 0.227 e. The monoisotopic (exact) mass is 352 g/mol. The number of fused-ring (bicyclic) bond motifs is 1. The zero-order valence-electron chi connectivity index (χ0n) is 12.8. The molecule has 0 atom stereocenters. The minimum Gasteiger partial charge on any atom is -0.330 e. The first kappa shape index (κ1) is 17.9. The number of hydrogen-bond acceptors (Lipinski definition) is 5. The number of halogens is 1. The van der Waals surface area contributed by atoms with Gasteiger partial charge in [0.25, 0.3) is 0 Å². The second-order valence-electron chi connectivity index (χ2n) is 5.42. The molecule has 1 aliphatic rings. The van der Waals surface area contributed by atoms with Crippen molar-refractivity contribution in [3.05, 3.63) is 46.5 Å². The molecule has 0 fully saturated rings. The van der Waals surface area contributed by atoms with Crippen LogP contribution in [0, 0.1) is 0 Å². The van der Waals surface area contributed by atoms with E-state index in [1.54, 1.807) is 11.3 Å². The first-order valence-corrected chi connectivity index (χ1v) is 8.31. The summed E-state index contributed by atoms with van der Waals surface area (Å²) in [5, 5.41) is 3.53. The maximum atomic E-state index is 11.6. The van der Waals surface area contributed by atoms with Crippen molar-refractivity contribution in [2.45, 2.75) is 25.9 Å². The Balaban J connectivity index is 0.00000192. The van der Waals surface area contributed by atoms with Gasteiger partial charge in [-0.25, -0.2) is 4.98 Å². The Morgan fingerprint density at radius 3 is 2.87 bits per heavy atom. The molecule has 2 aromatic rings. The number of benzene rings is 1. The van der Waals surface area contributed by atoms with Gasteiger partial charge in [0.15, 0.2) is 5.13 Å². The van der Waals surface area contributed by atoms with Crippen molar-refractivity contribution in [2.75, 3.05) is 18.4 Å². The quantitative estimate of drug-likeness (QED) is 0.866. The van der Waals surface area contributed by atoms with Crippen molar-refractivity contribution in [3.8, 4) is 0 Å². The molecule has 1 aromatic heterocycles. The largest absolute Gasteiger partial charge is 0.330 e. The maximum Gasteiger partial charge on any atom is 0.227 e. The first-order valence-electron chi connectivity index (χ1n) is 7.49. The van der Waals surface area contributed by atoms with Gasteiger partial charge in [-0.15, -0.1) is 23.7 Å². The van der Waals surface area contributed by atoms with E-state index in [9.17, 15) is 4.79 Å². The summed E-state index contributed by atoms with van der Waals surface area (Å²) in [5.74, 6) is -0.0604. The number of rotatable bonds is 5. The third-order valence-electron chi connectivity index (χ3n) is 3.68. The van der Waals surface area contributed by atoms with Gasteiger partial charge in [0.2, 0.25) is 5.91 Å². The van der Waals surface area contributed by atoms with Gasteiger partial charge in [-0.1, -0.05) is 30.3 Å². The van der Waals surface area contributed by atoms with Gasteiger partial charge in [-0.05, 0) is 5.56 Å². The lowest BCUT2D eigenvalue weighted by Gasteiger charge is -2.25. The van der Waals surface area contributed by atoms with Gasteiger partial charge in [0, 0.05) is 43.9 Å². The van der Waals surface area contributed by atoms with Crippen molar-refractivity contribution < 1.29 is 4.79 Å². The number of carbonyl (C=O) groups is 1. The Bertz CT molecular complexity index is 647. The predicted molar refractivity (Wildman–Crippen MR) is 95.9 cm³/mol. The molecule has 1 amide bonds. The summed E-state index contributed by atoms with van der Waals surface area (Å²) in [5.41, 5.74) is 7.84. The van der Waals surface area contributed by atoms with Crippen LogP contribution in [0.2, 0.25) is 0 Å². The molecule has 0 aliphatic carbocycles. The average Bonchev–Trinajstić information content (AvgIpc) is 2.90. The van der Waals surface area contributed by atoms with E-state index in [2.05, 4.69) is 39.5 Å². The van der Waals surface area contributed by atoms with Crippen LogP contribution in [0.4, 0.5) is 5.13 Å². The van der Waals surface area contributed by atoms with Crippen LogP contribution in [0.25, 0.3) is 0 Å². The highest BCUT2D eigenvalue weighted by Crippen LogP contribution is 2.29. The Kier molecular flexibility index (Phi) is 6.53. The number of amides is 1. The molecule has 3 rings (SSSR count). The summed E-state index contributed by atoms with van der Waals surface area (Å²) in [6, 6.07) is 10.5. The van der Waals surface area contributed by atoms with E-state index in [0.717, 1.165) is 31.7 Å². The number of nitrogens with two attached hydrogens (primary N) is 1. The third kappa shape index (κ3) is 4.75. The molecular weight excluding hydrogens is 332 g/mol. The summed E-state index contributed by atoms with van der Waals surface area (Å²) in [4.78, 5) is 19.8. The summed E-state index contributed by atoms with van der Waals surface area (Å²) in [6.45, 7) is 3.21. The van der Waals surface area contributed by atoms with Crippen molar-refractivity contribution in [3.63, 3.8) is 0 Å². The van der Waals surface area contributed by atoms with Crippen molar-refractivity contribution in [1.82, 2.24) is 9.88 Å². The second kappa shape index (κ2) is 8.40. The molecule has 0 saturated heterocycles. The third-order valence-corrected chi connectivity index (χ3v) is 4.67. The fourth-order valence-electron chi connectivity index (χ4n) is 2.59. The molecule has 2 heterocycles. The fourth-order valence-corrected chi connectivity index (χ4v) is 3.66. The predicted octanol–water partition coefficient (Wildman–Crippen LogP) is 2.41. The van der Waals surface area contributed by atoms with Crippen LogP contribution in [0.3, 0.4) is 0 Å². The van der Waals surface area contributed by atoms with Gasteiger partial charge in [-0.2, -0.15) is 0 Å². The Hall–Kier alpha value is -1.47. The molecule has 3 N–H and O–H groups in total. The van der Waals surface area contributed by atoms with E-state index < -0.39 is 0 Å². The topological polar surface area (TPSA) is 71.2 Å². The highest BCUT2D eigenvalue weighted by molar-refractivity contribution is 7.15. The molecule has 0 bridgehead atoms. The van der Waals surface area contributed by atoms with Gasteiger partial charge in [0.05, 0.1) is 5.69 Å². The molecule has 0 radical (unpaired) electrons. The average molecular weight is 353 g/mol.